The number of halogens is 3. The molecule has 0 aliphatic rings. The number of alkyl halides is 3. The second-order valence-corrected chi connectivity index (χ2v) is 5.07. The van der Waals surface area contributed by atoms with Crippen molar-refractivity contribution in [3.8, 4) is 5.75 Å². The molecular weight excluding hydrogens is 319 g/mol. The van der Waals surface area contributed by atoms with Crippen molar-refractivity contribution in [3.05, 3.63) is 59.7 Å². The van der Waals surface area contributed by atoms with Crippen LogP contribution >= 0.6 is 0 Å². The van der Waals surface area contributed by atoms with Gasteiger partial charge in [0.1, 0.15) is 5.75 Å². The van der Waals surface area contributed by atoms with Crippen LogP contribution in [0.2, 0.25) is 0 Å². The summed E-state index contributed by atoms with van der Waals surface area (Å²) in [4.78, 5) is 4.16. The highest BCUT2D eigenvalue weighted by Crippen LogP contribution is 2.29. The lowest BCUT2D eigenvalue weighted by Crippen LogP contribution is -2.23. The molecule has 0 heterocycles. The molecule has 0 aliphatic carbocycles. The number of nitrogens with one attached hydrogen (secondary N) is 1. The lowest BCUT2D eigenvalue weighted by Gasteiger charge is -2.08. The zero-order chi connectivity index (χ0) is 17.6. The fraction of sp³-hybridized carbons (Fsp3) is 0.235. The van der Waals surface area contributed by atoms with E-state index in [0.717, 1.165) is 23.4 Å². The van der Waals surface area contributed by atoms with Crippen molar-refractivity contribution >= 4 is 11.6 Å². The quantitative estimate of drug-likeness (QED) is 0.646. The number of rotatable bonds is 5. The Morgan fingerprint density at radius 1 is 1.17 bits per heavy atom. The first-order chi connectivity index (χ1) is 11.4. The predicted molar refractivity (Wildman–Crippen MR) is 88.3 cm³/mol. The van der Waals surface area contributed by atoms with Gasteiger partial charge in [0, 0.05) is 18.3 Å². The summed E-state index contributed by atoms with van der Waals surface area (Å²) in [7, 11) is 1.57. The molecular formula is C17H18F3N3O. The van der Waals surface area contributed by atoms with Crippen LogP contribution in [-0.4, -0.2) is 19.6 Å². The number of nitrogens with zero attached hydrogens (tertiary/aromatic N) is 1. The maximum absolute atomic E-state index is 12.5. The van der Waals surface area contributed by atoms with Gasteiger partial charge in [-0.1, -0.05) is 18.2 Å². The van der Waals surface area contributed by atoms with Gasteiger partial charge < -0.3 is 15.8 Å². The molecule has 4 nitrogen and oxygen atoms in total. The highest BCUT2D eigenvalue weighted by molar-refractivity contribution is 5.92. The first-order valence-corrected chi connectivity index (χ1v) is 7.25. The van der Waals surface area contributed by atoms with Gasteiger partial charge in [-0.05, 0) is 36.2 Å². The van der Waals surface area contributed by atoms with E-state index in [1.807, 2.05) is 18.2 Å². The Kier molecular flexibility index (Phi) is 5.68. The van der Waals surface area contributed by atoms with E-state index in [9.17, 15) is 13.2 Å². The van der Waals surface area contributed by atoms with Gasteiger partial charge in [-0.3, -0.25) is 4.99 Å². The number of methoxy groups -OCH3 is 1. The number of nitrogens with two attached hydrogens (primary N) is 1. The van der Waals surface area contributed by atoms with E-state index < -0.39 is 11.7 Å². The number of aliphatic imine (C=N–C) groups is 1. The summed E-state index contributed by atoms with van der Waals surface area (Å²) in [5.41, 5.74) is 6.64. The van der Waals surface area contributed by atoms with Crippen molar-refractivity contribution in [2.75, 3.05) is 19.0 Å². The Morgan fingerprint density at radius 2 is 1.88 bits per heavy atom. The standard InChI is InChI=1S/C17H18F3N3O/c1-24-15-4-2-3-14(11-15)23-16(21)22-10-9-12-5-7-13(8-6-12)17(18,19)20/h2-8,11H,9-10H2,1H3,(H3,21,22,23). The normalized spacial score (nSPS) is 12.1. The fourth-order valence-corrected chi connectivity index (χ4v) is 2.05. The third kappa shape index (κ3) is 5.19. The van der Waals surface area contributed by atoms with Crippen LogP contribution in [0.15, 0.2) is 53.5 Å². The molecule has 3 N–H and O–H groups in total. The van der Waals surface area contributed by atoms with Crippen LogP contribution < -0.4 is 15.8 Å². The highest BCUT2D eigenvalue weighted by Gasteiger charge is 2.29. The summed E-state index contributed by atoms with van der Waals surface area (Å²) in [6, 6.07) is 12.3. The molecule has 24 heavy (non-hydrogen) atoms. The van der Waals surface area contributed by atoms with E-state index in [1.165, 1.54) is 12.1 Å². The van der Waals surface area contributed by atoms with Crippen LogP contribution in [-0.2, 0) is 12.6 Å². The number of hydrogen-bond donors (Lipinski definition) is 2. The van der Waals surface area contributed by atoms with Crippen molar-refractivity contribution in [3.63, 3.8) is 0 Å². The Bertz CT molecular complexity index is 697. The van der Waals surface area contributed by atoms with Crippen molar-refractivity contribution in [1.29, 1.82) is 0 Å². The minimum absolute atomic E-state index is 0.232. The van der Waals surface area contributed by atoms with Gasteiger partial charge in [0.2, 0.25) is 0 Å². The molecule has 0 aromatic heterocycles. The van der Waals surface area contributed by atoms with Crippen LogP contribution in [0.25, 0.3) is 0 Å². The molecule has 7 heteroatoms. The minimum atomic E-state index is -4.32. The molecule has 128 valence electrons. The van der Waals surface area contributed by atoms with Crippen LogP contribution in [0.1, 0.15) is 11.1 Å². The SMILES string of the molecule is COc1cccc(NC(N)=NCCc2ccc(C(F)(F)F)cc2)c1. The number of anilines is 1. The van der Waals surface area contributed by atoms with Crippen LogP contribution in [0.5, 0.6) is 5.75 Å². The summed E-state index contributed by atoms with van der Waals surface area (Å²) in [5, 5.41) is 2.93. The summed E-state index contributed by atoms with van der Waals surface area (Å²) >= 11 is 0. The van der Waals surface area contributed by atoms with E-state index in [0.29, 0.717) is 18.7 Å². The first-order valence-electron chi connectivity index (χ1n) is 7.25. The van der Waals surface area contributed by atoms with Gasteiger partial charge in [0.05, 0.1) is 12.7 Å². The van der Waals surface area contributed by atoms with Gasteiger partial charge in [0.25, 0.3) is 0 Å². The molecule has 2 aromatic rings. The van der Waals surface area contributed by atoms with E-state index in [1.54, 1.807) is 13.2 Å². The Hall–Kier alpha value is -2.70. The Balaban J connectivity index is 1.88. The number of ether oxygens (including phenoxy) is 1. The molecule has 0 amide bonds. The van der Waals surface area contributed by atoms with E-state index in [4.69, 9.17) is 10.5 Å². The van der Waals surface area contributed by atoms with Gasteiger partial charge in [-0.2, -0.15) is 13.2 Å². The smallest absolute Gasteiger partial charge is 0.416 e. The third-order valence-corrected chi connectivity index (χ3v) is 3.31. The average molecular weight is 337 g/mol. The molecule has 0 saturated heterocycles. The van der Waals surface area contributed by atoms with Gasteiger partial charge in [0.15, 0.2) is 5.96 Å². The molecule has 0 aliphatic heterocycles. The minimum Gasteiger partial charge on any atom is -0.497 e. The molecule has 0 unspecified atom stereocenters. The highest BCUT2D eigenvalue weighted by atomic mass is 19.4. The summed E-state index contributed by atoms with van der Waals surface area (Å²) in [6.45, 7) is 0.369. The van der Waals surface area contributed by atoms with Gasteiger partial charge in [-0.25, -0.2) is 0 Å². The number of benzene rings is 2. The predicted octanol–water partition coefficient (Wildman–Crippen LogP) is 3.68. The van der Waals surface area contributed by atoms with Crippen molar-refractivity contribution in [1.82, 2.24) is 0 Å². The van der Waals surface area contributed by atoms with Crippen LogP contribution in [0, 0.1) is 0 Å². The van der Waals surface area contributed by atoms with Crippen molar-refractivity contribution in [2.45, 2.75) is 12.6 Å². The first kappa shape index (κ1) is 17.7. The number of guanidine groups is 1. The maximum Gasteiger partial charge on any atom is 0.416 e. The fourth-order valence-electron chi connectivity index (χ4n) is 2.05. The zero-order valence-electron chi connectivity index (χ0n) is 13.1. The topological polar surface area (TPSA) is 59.6 Å². The van der Waals surface area contributed by atoms with E-state index in [2.05, 4.69) is 10.3 Å². The number of hydrogen-bond acceptors (Lipinski definition) is 2. The molecule has 0 fully saturated rings. The summed E-state index contributed by atoms with van der Waals surface area (Å²) in [5.74, 6) is 0.924. The van der Waals surface area contributed by atoms with E-state index >= 15 is 0 Å². The van der Waals surface area contributed by atoms with Crippen molar-refractivity contribution < 1.29 is 17.9 Å². The lowest BCUT2D eigenvalue weighted by atomic mass is 10.1. The second kappa shape index (κ2) is 7.72. The second-order valence-electron chi connectivity index (χ2n) is 5.07. The Morgan fingerprint density at radius 3 is 2.50 bits per heavy atom. The lowest BCUT2D eigenvalue weighted by molar-refractivity contribution is -0.137. The Labute approximate surface area is 138 Å². The van der Waals surface area contributed by atoms with Crippen LogP contribution in [0.3, 0.4) is 0 Å². The molecule has 0 radical (unpaired) electrons. The molecule has 2 aromatic carbocycles. The zero-order valence-corrected chi connectivity index (χ0v) is 13.1. The average Bonchev–Trinajstić information content (AvgIpc) is 2.54. The third-order valence-electron chi connectivity index (χ3n) is 3.31. The molecule has 0 spiro atoms. The van der Waals surface area contributed by atoms with Crippen LogP contribution in [0.4, 0.5) is 18.9 Å². The molecule has 0 saturated carbocycles. The maximum atomic E-state index is 12.5. The monoisotopic (exact) mass is 337 g/mol. The van der Waals surface area contributed by atoms with E-state index in [-0.39, 0.29) is 5.96 Å². The van der Waals surface area contributed by atoms with Gasteiger partial charge >= 0.3 is 6.18 Å². The molecule has 0 atom stereocenters. The van der Waals surface area contributed by atoms with Crippen molar-refractivity contribution in [2.24, 2.45) is 10.7 Å². The summed E-state index contributed by atoms with van der Waals surface area (Å²) < 4.78 is 42.6. The molecule has 0 bridgehead atoms. The summed E-state index contributed by atoms with van der Waals surface area (Å²) in [6.07, 6.45) is -3.82. The largest absolute Gasteiger partial charge is 0.497 e. The molecule has 2 rings (SSSR count). The van der Waals surface area contributed by atoms with Gasteiger partial charge in [-0.15, -0.1) is 0 Å².